The van der Waals surface area contributed by atoms with Gasteiger partial charge in [0.25, 0.3) is 5.91 Å². The quantitative estimate of drug-likeness (QED) is 0.850. The molecule has 0 bridgehead atoms. The molecule has 7 heteroatoms. The summed E-state index contributed by atoms with van der Waals surface area (Å²) in [6.07, 6.45) is -0.686. The van der Waals surface area contributed by atoms with Gasteiger partial charge in [-0.15, -0.1) is 12.4 Å². The third kappa shape index (κ3) is 4.67. The van der Waals surface area contributed by atoms with Crippen LogP contribution >= 0.6 is 24.0 Å². The molecule has 0 spiro atoms. The van der Waals surface area contributed by atoms with Crippen molar-refractivity contribution in [3.8, 4) is 5.75 Å². The highest BCUT2D eigenvalue weighted by atomic mass is 35.5. The fraction of sp³-hybridized carbons (Fsp3) is 0.316. The predicted molar refractivity (Wildman–Crippen MR) is 103 cm³/mol. The van der Waals surface area contributed by atoms with Gasteiger partial charge < -0.3 is 15.0 Å². The summed E-state index contributed by atoms with van der Waals surface area (Å²) in [4.78, 5) is 14.7. The highest BCUT2D eigenvalue weighted by molar-refractivity contribution is 6.32. The number of carbonyl (C=O) groups is 1. The van der Waals surface area contributed by atoms with Crippen molar-refractivity contribution in [1.29, 1.82) is 0 Å². The summed E-state index contributed by atoms with van der Waals surface area (Å²) < 4.78 is 19.3. The van der Waals surface area contributed by atoms with Crippen LogP contribution in [0.3, 0.4) is 0 Å². The topological polar surface area (TPSA) is 41.6 Å². The van der Waals surface area contributed by atoms with E-state index >= 15 is 0 Å². The number of hydrogen-bond donors (Lipinski definition) is 1. The zero-order valence-electron chi connectivity index (χ0n) is 14.3. The van der Waals surface area contributed by atoms with E-state index in [9.17, 15) is 9.18 Å². The van der Waals surface area contributed by atoms with Crippen LogP contribution in [0.15, 0.2) is 48.5 Å². The van der Waals surface area contributed by atoms with Crippen LogP contribution in [0.2, 0.25) is 5.02 Å². The predicted octanol–water partition coefficient (Wildman–Crippen LogP) is 3.84. The summed E-state index contributed by atoms with van der Waals surface area (Å²) in [6.45, 7) is 3.51. The second-order valence-corrected chi connectivity index (χ2v) is 6.40. The summed E-state index contributed by atoms with van der Waals surface area (Å²) in [7, 11) is 0. The number of piperazine rings is 1. The molecule has 1 fully saturated rings. The Bertz CT molecular complexity index is 760. The number of rotatable bonds is 4. The summed E-state index contributed by atoms with van der Waals surface area (Å²) in [6, 6.07) is 13.2. The Morgan fingerprint density at radius 2 is 2.08 bits per heavy atom. The molecule has 1 N–H and O–H groups in total. The standard InChI is InChI=1S/C19H20ClFN2O2.ClH/c1-13(25-18-8-3-2-7-16(18)20)19(24)23-10-9-22-12-17(23)14-5-4-6-15(21)11-14;/h2-8,11,13,17,22H,9-10,12H2,1H3;1H. The molecule has 2 aromatic carbocycles. The van der Waals surface area contributed by atoms with Gasteiger partial charge in [-0.05, 0) is 36.8 Å². The first kappa shape index (κ1) is 20.5. The molecule has 0 radical (unpaired) electrons. The lowest BCUT2D eigenvalue weighted by Gasteiger charge is -2.38. The van der Waals surface area contributed by atoms with E-state index < -0.39 is 6.10 Å². The molecule has 0 saturated carbocycles. The van der Waals surface area contributed by atoms with Gasteiger partial charge in [0.15, 0.2) is 6.10 Å². The van der Waals surface area contributed by atoms with Crippen molar-refractivity contribution in [3.63, 3.8) is 0 Å². The second kappa shape index (κ2) is 9.21. The Hall–Kier alpha value is -1.82. The van der Waals surface area contributed by atoms with Gasteiger partial charge in [-0.25, -0.2) is 4.39 Å². The normalized spacial score (nSPS) is 18.0. The molecule has 1 amide bonds. The first-order chi connectivity index (χ1) is 12.1. The Labute approximate surface area is 163 Å². The van der Waals surface area contributed by atoms with E-state index in [4.69, 9.17) is 16.3 Å². The van der Waals surface area contributed by atoms with Crippen LogP contribution in [-0.4, -0.2) is 36.5 Å². The van der Waals surface area contributed by atoms with E-state index in [1.54, 1.807) is 42.2 Å². The molecule has 0 aliphatic carbocycles. The molecule has 1 heterocycles. The van der Waals surface area contributed by atoms with Gasteiger partial charge in [0.05, 0.1) is 11.1 Å². The van der Waals surface area contributed by atoms with Crippen LogP contribution in [0, 0.1) is 5.82 Å². The molecule has 0 aromatic heterocycles. The summed E-state index contributed by atoms with van der Waals surface area (Å²) in [5, 5.41) is 3.72. The van der Waals surface area contributed by atoms with E-state index in [1.807, 2.05) is 6.07 Å². The number of halogens is 3. The van der Waals surface area contributed by atoms with E-state index in [1.165, 1.54) is 12.1 Å². The smallest absolute Gasteiger partial charge is 0.263 e. The Morgan fingerprint density at radius 1 is 1.31 bits per heavy atom. The van der Waals surface area contributed by atoms with Crippen molar-refractivity contribution in [2.24, 2.45) is 0 Å². The largest absolute Gasteiger partial charge is 0.479 e. The van der Waals surface area contributed by atoms with Crippen LogP contribution < -0.4 is 10.1 Å². The second-order valence-electron chi connectivity index (χ2n) is 6.00. The van der Waals surface area contributed by atoms with E-state index in [0.717, 1.165) is 5.56 Å². The molecule has 4 nitrogen and oxygen atoms in total. The van der Waals surface area contributed by atoms with Gasteiger partial charge in [0.2, 0.25) is 0 Å². The van der Waals surface area contributed by atoms with Crippen molar-refractivity contribution < 1.29 is 13.9 Å². The SMILES string of the molecule is CC(Oc1ccccc1Cl)C(=O)N1CCNCC1c1cccc(F)c1.Cl. The zero-order valence-corrected chi connectivity index (χ0v) is 15.9. The van der Waals surface area contributed by atoms with Crippen LogP contribution in [-0.2, 0) is 4.79 Å². The number of carbonyl (C=O) groups excluding carboxylic acids is 1. The highest BCUT2D eigenvalue weighted by Crippen LogP contribution is 2.27. The lowest BCUT2D eigenvalue weighted by molar-refractivity contribution is -0.141. The van der Waals surface area contributed by atoms with E-state index in [0.29, 0.717) is 30.4 Å². The molecular weight excluding hydrogens is 378 g/mol. The molecule has 2 unspecified atom stereocenters. The van der Waals surface area contributed by atoms with Gasteiger partial charge in [0, 0.05) is 19.6 Å². The molecule has 1 aliphatic heterocycles. The van der Waals surface area contributed by atoms with Crippen LogP contribution in [0.4, 0.5) is 4.39 Å². The van der Waals surface area contributed by atoms with Gasteiger partial charge in [-0.1, -0.05) is 35.9 Å². The molecule has 140 valence electrons. The number of benzene rings is 2. The summed E-state index contributed by atoms with van der Waals surface area (Å²) in [5.74, 6) is 0.0222. The maximum atomic E-state index is 13.6. The average Bonchev–Trinajstić information content (AvgIpc) is 2.63. The van der Waals surface area contributed by atoms with Crippen molar-refractivity contribution in [3.05, 3.63) is 64.9 Å². The van der Waals surface area contributed by atoms with Gasteiger partial charge in [-0.3, -0.25) is 4.79 Å². The molecule has 2 aromatic rings. The number of hydrogen-bond acceptors (Lipinski definition) is 3. The minimum absolute atomic E-state index is 0. The molecule has 2 atom stereocenters. The maximum Gasteiger partial charge on any atom is 0.263 e. The Balaban J connectivity index is 0.00000243. The van der Waals surface area contributed by atoms with Crippen molar-refractivity contribution >= 4 is 29.9 Å². The van der Waals surface area contributed by atoms with Gasteiger partial charge in [-0.2, -0.15) is 0 Å². The summed E-state index contributed by atoms with van der Waals surface area (Å²) >= 11 is 6.10. The molecule has 3 rings (SSSR count). The Kier molecular flexibility index (Phi) is 7.26. The zero-order chi connectivity index (χ0) is 17.8. The molecular formula is C19H21Cl2FN2O2. The summed E-state index contributed by atoms with van der Waals surface area (Å²) in [5.41, 5.74) is 0.769. The fourth-order valence-electron chi connectivity index (χ4n) is 2.99. The van der Waals surface area contributed by atoms with E-state index in [2.05, 4.69) is 5.32 Å². The maximum absolute atomic E-state index is 13.6. The lowest BCUT2D eigenvalue weighted by atomic mass is 10.0. The first-order valence-corrected chi connectivity index (χ1v) is 8.62. The van der Waals surface area contributed by atoms with Crippen LogP contribution in [0.1, 0.15) is 18.5 Å². The molecule has 1 saturated heterocycles. The number of amides is 1. The molecule has 26 heavy (non-hydrogen) atoms. The van der Waals surface area contributed by atoms with E-state index in [-0.39, 0.29) is 30.2 Å². The Morgan fingerprint density at radius 3 is 2.81 bits per heavy atom. The monoisotopic (exact) mass is 398 g/mol. The van der Waals surface area contributed by atoms with Crippen LogP contribution in [0.5, 0.6) is 5.75 Å². The van der Waals surface area contributed by atoms with Crippen LogP contribution in [0.25, 0.3) is 0 Å². The minimum atomic E-state index is -0.686. The lowest BCUT2D eigenvalue weighted by Crippen LogP contribution is -2.52. The van der Waals surface area contributed by atoms with Gasteiger partial charge >= 0.3 is 0 Å². The molecule has 1 aliphatic rings. The average molecular weight is 399 g/mol. The fourth-order valence-corrected chi connectivity index (χ4v) is 3.17. The minimum Gasteiger partial charge on any atom is -0.479 e. The van der Waals surface area contributed by atoms with Gasteiger partial charge in [0.1, 0.15) is 11.6 Å². The number of nitrogens with zero attached hydrogens (tertiary/aromatic N) is 1. The first-order valence-electron chi connectivity index (χ1n) is 8.24. The third-order valence-corrected chi connectivity index (χ3v) is 4.56. The van der Waals surface area contributed by atoms with Crippen molar-refractivity contribution in [2.75, 3.05) is 19.6 Å². The van der Waals surface area contributed by atoms with Crippen molar-refractivity contribution in [1.82, 2.24) is 10.2 Å². The third-order valence-electron chi connectivity index (χ3n) is 4.25. The van der Waals surface area contributed by atoms with Crippen molar-refractivity contribution in [2.45, 2.75) is 19.1 Å². The number of ether oxygens (including phenoxy) is 1. The number of para-hydroxylation sites is 1. The number of nitrogens with one attached hydrogen (secondary N) is 1. The highest BCUT2D eigenvalue weighted by Gasteiger charge is 2.31.